The second-order valence-corrected chi connectivity index (χ2v) is 4.51. The molecule has 4 nitrogen and oxygen atoms in total. The van der Waals surface area contributed by atoms with E-state index in [9.17, 15) is 0 Å². The van der Waals surface area contributed by atoms with Crippen LogP contribution in [0.4, 0.5) is 5.82 Å². The molecule has 2 aromatic rings. The Labute approximate surface area is 108 Å². The number of nitrogen functional groups attached to an aromatic ring is 1. The Hall–Kier alpha value is -1.80. The molecule has 0 atom stereocenters. The van der Waals surface area contributed by atoms with Crippen LogP contribution in [0.3, 0.4) is 0 Å². The van der Waals surface area contributed by atoms with E-state index in [1.165, 1.54) is 0 Å². The maximum Gasteiger partial charge on any atom is 0.122 e. The third-order valence-corrected chi connectivity index (χ3v) is 2.86. The van der Waals surface area contributed by atoms with Crippen molar-refractivity contribution in [3.8, 4) is 17.3 Å². The SMILES string of the molecule is N#CCCn1nc(-c2cccc(Br)c2)cc1N. The summed E-state index contributed by atoms with van der Waals surface area (Å²) in [7, 11) is 0. The van der Waals surface area contributed by atoms with Gasteiger partial charge in [0, 0.05) is 16.1 Å². The third-order valence-electron chi connectivity index (χ3n) is 2.37. The zero-order valence-corrected chi connectivity index (χ0v) is 10.7. The third kappa shape index (κ3) is 2.66. The lowest BCUT2D eigenvalue weighted by Gasteiger charge is -1.99. The van der Waals surface area contributed by atoms with Gasteiger partial charge in [-0.2, -0.15) is 10.4 Å². The number of aryl methyl sites for hydroxylation is 1. The summed E-state index contributed by atoms with van der Waals surface area (Å²) in [6, 6.07) is 11.8. The van der Waals surface area contributed by atoms with E-state index in [2.05, 4.69) is 27.1 Å². The summed E-state index contributed by atoms with van der Waals surface area (Å²) in [6.45, 7) is 0.524. The Bertz CT molecular complexity index is 568. The first-order valence-electron chi connectivity index (χ1n) is 5.17. The first kappa shape index (κ1) is 11.7. The number of rotatable bonds is 3. The zero-order chi connectivity index (χ0) is 12.3. The fourth-order valence-electron chi connectivity index (χ4n) is 1.56. The molecule has 2 rings (SSSR count). The molecule has 1 aromatic carbocycles. The van der Waals surface area contributed by atoms with E-state index in [-0.39, 0.29) is 0 Å². The summed E-state index contributed by atoms with van der Waals surface area (Å²) in [5.74, 6) is 0.579. The Morgan fingerprint density at radius 2 is 2.24 bits per heavy atom. The summed E-state index contributed by atoms with van der Waals surface area (Å²) < 4.78 is 2.65. The van der Waals surface area contributed by atoms with Gasteiger partial charge in [0.1, 0.15) is 5.82 Å². The Balaban J connectivity index is 2.31. The molecule has 0 amide bonds. The molecule has 5 heteroatoms. The van der Waals surface area contributed by atoms with E-state index >= 15 is 0 Å². The van der Waals surface area contributed by atoms with Crippen LogP contribution in [0.5, 0.6) is 0 Å². The van der Waals surface area contributed by atoms with Gasteiger partial charge in [0.05, 0.1) is 24.7 Å². The van der Waals surface area contributed by atoms with Crippen LogP contribution >= 0.6 is 15.9 Å². The van der Waals surface area contributed by atoms with Crippen LogP contribution in [0.25, 0.3) is 11.3 Å². The summed E-state index contributed by atoms with van der Waals surface area (Å²) in [5.41, 5.74) is 7.66. The van der Waals surface area contributed by atoms with Crippen molar-refractivity contribution in [3.63, 3.8) is 0 Å². The molecule has 0 spiro atoms. The molecule has 0 bridgehead atoms. The fraction of sp³-hybridized carbons (Fsp3) is 0.167. The van der Waals surface area contributed by atoms with Gasteiger partial charge in [-0.1, -0.05) is 28.1 Å². The molecule has 0 fully saturated rings. The average molecular weight is 291 g/mol. The highest BCUT2D eigenvalue weighted by molar-refractivity contribution is 9.10. The number of anilines is 1. The minimum absolute atomic E-state index is 0.407. The van der Waals surface area contributed by atoms with Gasteiger partial charge >= 0.3 is 0 Å². The van der Waals surface area contributed by atoms with Gasteiger partial charge in [-0.25, -0.2) is 4.68 Å². The quantitative estimate of drug-likeness (QED) is 0.945. The van der Waals surface area contributed by atoms with E-state index in [0.717, 1.165) is 15.7 Å². The Kier molecular flexibility index (Phi) is 3.45. The minimum atomic E-state index is 0.407. The molecule has 86 valence electrons. The number of nitriles is 1. The lowest BCUT2D eigenvalue weighted by atomic mass is 10.2. The number of hydrogen-bond acceptors (Lipinski definition) is 3. The van der Waals surface area contributed by atoms with E-state index in [4.69, 9.17) is 11.0 Å². The maximum atomic E-state index is 8.54. The topological polar surface area (TPSA) is 67.6 Å². The maximum absolute atomic E-state index is 8.54. The highest BCUT2D eigenvalue weighted by Crippen LogP contribution is 2.23. The molecule has 0 radical (unpaired) electrons. The van der Waals surface area contributed by atoms with Gasteiger partial charge in [0.25, 0.3) is 0 Å². The van der Waals surface area contributed by atoms with Gasteiger partial charge in [-0.05, 0) is 12.1 Å². The van der Waals surface area contributed by atoms with Crippen molar-refractivity contribution in [1.29, 1.82) is 5.26 Å². The van der Waals surface area contributed by atoms with Crippen molar-refractivity contribution >= 4 is 21.7 Å². The van der Waals surface area contributed by atoms with Crippen molar-refractivity contribution in [2.45, 2.75) is 13.0 Å². The standard InChI is InChI=1S/C12H11BrN4/c13-10-4-1-3-9(7-10)11-8-12(15)17(16-11)6-2-5-14/h1,3-4,7-8H,2,6,15H2. The molecule has 0 aliphatic heterocycles. The molecule has 0 aliphatic carbocycles. The highest BCUT2D eigenvalue weighted by atomic mass is 79.9. The van der Waals surface area contributed by atoms with Crippen LogP contribution in [0.2, 0.25) is 0 Å². The molecule has 2 N–H and O–H groups in total. The van der Waals surface area contributed by atoms with E-state index in [1.807, 2.05) is 30.3 Å². The van der Waals surface area contributed by atoms with Crippen molar-refractivity contribution < 1.29 is 0 Å². The Morgan fingerprint density at radius 1 is 1.41 bits per heavy atom. The van der Waals surface area contributed by atoms with Crippen LogP contribution in [0, 0.1) is 11.3 Å². The van der Waals surface area contributed by atoms with Crippen LogP contribution in [-0.4, -0.2) is 9.78 Å². The highest BCUT2D eigenvalue weighted by Gasteiger charge is 2.07. The second-order valence-electron chi connectivity index (χ2n) is 3.60. The smallest absolute Gasteiger partial charge is 0.122 e. The number of aromatic nitrogens is 2. The first-order valence-corrected chi connectivity index (χ1v) is 5.96. The minimum Gasteiger partial charge on any atom is -0.384 e. The lowest BCUT2D eigenvalue weighted by molar-refractivity contribution is 0.639. The fourth-order valence-corrected chi connectivity index (χ4v) is 1.95. The van der Waals surface area contributed by atoms with E-state index < -0.39 is 0 Å². The lowest BCUT2D eigenvalue weighted by Crippen LogP contribution is -2.03. The second kappa shape index (κ2) is 5.02. The predicted molar refractivity (Wildman–Crippen MR) is 70.0 cm³/mol. The van der Waals surface area contributed by atoms with Gasteiger partial charge in [0.2, 0.25) is 0 Å². The van der Waals surface area contributed by atoms with Crippen molar-refractivity contribution in [3.05, 3.63) is 34.8 Å². The molecule has 0 saturated carbocycles. The molecule has 1 heterocycles. The number of nitrogens with zero attached hydrogens (tertiary/aromatic N) is 3. The number of nitrogens with two attached hydrogens (primary N) is 1. The molecule has 0 aliphatic rings. The van der Waals surface area contributed by atoms with Crippen molar-refractivity contribution in [1.82, 2.24) is 9.78 Å². The monoisotopic (exact) mass is 290 g/mol. The van der Waals surface area contributed by atoms with E-state index in [1.54, 1.807) is 4.68 Å². The number of halogens is 1. The predicted octanol–water partition coefficient (Wildman–Crippen LogP) is 2.81. The van der Waals surface area contributed by atoms with Gasteiger partial charge in [-0.3, -0.25) is 0 Å². The summed E-state index contributed by atoms with van der Waals surface area (Å²) in [5, 5.41) is 12.9. The first-order chi connectivity index (χ1) is 8.20. The van der Waals surface area contributed by atoms with Gasteiger partial charge in [-0.15, -0.1) is 0 Å². The number of hydrogen-bond donors (Lipinski definition) is 1. The summed E-state index contributed by atoms with van der Waals surface area (Å²) >= 11 is 3.42. The van der Waals surface area contributed by atoms with Crippen molar-refractivity contribution in [2.75, 3.05) is 5.73 Å². The number of benzene rings is 1. The molecular formula is C12H11BrN4. The average Bonchev–Trinajstić information content (AvgIpc) is 2.68. The molecule has 1 aromatic heterocycles. The molecule has 0 saturated heterocycles. The van der Waals surface area contributed by atoms with Crippen LogP contribution in [0.1, 0.15) is 6.42 Å². The van der Waals surface area contributed by atoms with Crippen molar-refractivity contribution in [2.24, 2.45) is 0 Å². The van der Waals surface area contributed by atoms with Gasteiger partial charge in [0.15, 0.2) is 0 Å². The largest absolute Gasteiger partial charge is 0.384 e. The molecular weight excluding hydrogens is 280 g/mol. The zero-order valence-electron chi connectivity index (χ0n) is 9.10. The molecule has 17 heavy (non-hydrogen) atoms. The van der Waals surface area contributed by atoms with Crippen LogP contribution in [0.15, 0.2) is 34.8 Å². The summed E-state index contributed by atoms with van der Waals surface area (Å²) in [6.07, 6.45) is 0.407. The summed E-state index contributed by atoms with van der Waals surface area (Å²) in [4.78, 5) is 0. The van der Waals surface area contributed by atoms with E-state index in [0.29, 0.717) is 18.8 Å². The molecule has 0 unspecified atom stereocenters. The van der Waals surface area contributed by atoms with Gasteiger partial charge < -0.3 is 5.73 Å². The van der Waals surface area contributed by atoms with Crippen LogP contribution in [-0.2, 0) is 6.54 Å². The normalized spacial score (nSPS) is 10.1. The van der Waals surface area contributed by atoms with Crippen LogP contribution < -0.4 is 5.73 Å². The Morgan fingerprint density at radius 3 is 2.94 bits per heavy atom.